The maximum atomic E-state index is 3.55. The van der Waals surface area contributed by atoms with Crippen molar-refractivity contribution in [1.82, 2.24) is 0 Å². The highest BCUT2D eigenvalue weighted by molar-refractivity contribution is 9.10. The molecule has 0 heterocycles. The minimum Gasteiger partial charge on any atom is -0.0798 e. The molecule has 0 amide bonds. The van der Waals surface area contributed by atoms with Crippen LogP contribution in [0.4, 0.5) is 0 Å². The molecule has 0 unspecified atom stereocenters. The van der Waals surface area contributed by atoms with E-state index in [4.69, 9.17) is 0 Å². The lowest BCUT2D eigenvalue weighted by molar-refractivity contribution is 0.898. The fourth-order valence-corrected chi connectivity index (χ4v) is 3.47. The van der Waals surface area contributed by atoms with Gasteiger partial charge in [-0.3, -0.25) is 0 Å². The van der Waals surface area contributed by atoms with E-state index in [1.54, 1.807) is 0 Å². The van der Waals surface area contributed by atoms with Gasteiger partial charge in [-0.05, 0) is 81.4 Å². The molecule has 0 aliphatic heterocycles. The van der Waals surface area contributed by atoms with Crippen LogP contribution < -0.4 is 0 Å². The van der Waals surface area contributed by atoms with Gasteiger partial charge in [0.15, 0.2) is 0 Å². The van der Waals surface area contributed by atoms with Crippen LogP contribution in [0.15, 0.2) is 80.9 Å². The Balaban J connectivity index is 2.49. The first-order chi connectivity index (χ1) is 12.0. The van der Waals surface area contributed by atoms with Gasteiger partial charge in [0.2, 0.25) is 0 Å². The molecule has 1 aliphatic rings. The van der Waals surface area contributed by atoms with Crippen molar-refractivity contribution in [2.24, 2.45) is 0 Å². The number of hydrogen-bond acceptors (Lipinski definition) is 0. The Labute approximate surface area is 161 Å². The molecule has 0 spiro atoms. The van der Waals surface area contributed by atoms with Gasteiger partial charge in [-0.1, -0.05) is 76.0 Å². The van der Waals surface area contributed by atoms with E-state index in [0.29, 0.717) is 0 Å². The first kappa shape index (κ1) is 19.7. The highest BCUT2D eigenvalue weighted by Gasteiger charge is 2.20. The van der Waals surface area contributed by atoms with Crippen molar-refractivity contribution >= 4 is 21.5 Å². The summed E-state index contributed by atoms with van der Waals surface area (Å²) >= 11 is 3.55. The first-order valence-electron chi connectivity index (χ1n) is 9.14. The Morgan fingerprint density at radius 2 is 1.72 bits per heavy atom. The van der Waals surface area contributed by atoms with Crippen molar-refractivity contribution in [3.63, 3.8) is 0 Å². The van der Waals surface area contributed by atoms with Gasteiger partial charge in [0.25, 0.3) is 0 Å². The Bertz CT molecular complexity index is 765. The smallest absolute Gasteiger partial charge is 0.0175 e. The Kier molecular flexibility index (Phi) is 7.25. The summed E-state index contributed by atoms with van der Waals surface area (Å²) < 4.78 is 1.12. The number of rotatable bonds is 5. The van der Waals surface area contributed by atoms with E-state index in [0.717, 1.165) is 23.7 Å². The van der Waals surface area contributed by atoms with E-state index < -0.39 is 0 Å². The first-order valence-corrected chi connectivity index (χ1v) is 9.93. The minimum absolute atomic E-state index is 1.10. The second-order valence-corrected chi connectivity index (χ2v) is 7.70. The highest BCUT2D eigenvalue weighted by Crippen LogP contribution is 2.41. The van der Waals surface area contributed by atoms with Crippen molar-refractivity contribution in [3.8, 4) is 0 Å². The van der Waals surface area contributed by atoms with Gasteiger partial charge in [-0.25, -0.2) is 0 Å². The zero-order valence-electron chi connectivity index (χ0n) is 16.1. The Hall–Kier alpha value is -1.60. The molecule has 1 aromatic carbocycles. The van der Waals surface area contributed by atoms with Gasteiger partial charge in [-0.15, -0.1) is 0 Å². The summed E-state index contributed by atoms with van der Waals surface area (Å²) in [4.78, 5) is 0. The molecule has 0 N–H and O–H groups in total. The number of allylic oxidation sites excluding steroid dienone is 10. The van der Waals surface area contributed by atoms with Crippen LogP contribution in [0.5, 0.6) is 0 Å². The third-order valence-corrected chi connectivity index (χ3v) is 5.45. The molecule has 0 atom stereocenters. The van der Waals surface area contributed by atoms with Gasteiger partial charge < -0.3 is 0 Å². The van der Waals surface area contributed by atoms with E-state index in [-0.39, 0.29) is 0 Å². The van der Waals surface area contributed by atoms with Crippen molar-refractivity contribution in [1.29, 1.82) is 0 Å². The average molecular weight is 397 g/mol. The van der Waals surface area contributed by atoms with E-state index >= 15 is 0 Å². The quantitative estimate of drug-likeness (QED) is 0.439. The molecule has 25 heavy (non-hydrogen) atoms. The van der Waals surface area contributed by atoms with Gasteiger partial charge in [0.05, 0.1) is 0 Å². The number of benzene rings is 1. The lowest BCUT2D eigenvalue weighted by atomic mass is 9.79. The van der Waals surface area contributed by atoms with E-state index in [1.807, 2.05) is 0 Å². The van der Waals surface area contributed by atoms with Gasteiger partial charge >= 0.3 is 0 Å². The largest absolute Gasteiger partial charge is 0.0798 e. The molecule has 0 fully saturated rings. The molecule has 0 radical (unpaired) electrons. The van der Waals surface area contributed by atoms with Crippen molar-refractivity contribution in [2.45, 2.75) is 53.9 Å². The summed E-state index contributed by atoms with van der Waals surface area (Å²) in [6.45, 7) is 11.1. The summed E-state index contributed by atoms with van der Waals surface area (Å²) in [6, 6.07) is 8.71. The second kappa shape index (κ2) is 9.20. The van der Waals surface area contributed by atoms with Gasteiger partial charge in [0.1, 0.15) is 0 Å². The molecule has 2 rings (SSSR count). The fourth-order valence-electron chi connectivity index (χ4n) is 3.21. The maximum absolute atomic E-state index is 3.55. The topological polar surface area (TPSA) is 0 Å². The van der Waals surface area contributed by atoms with Crippen molar-refractivity contribution < 1.29 is 0 Å². The molecular weight excluding hydrogens is 368 g/mol. The van der Waals surface area contributed by atoms with Crippen LogP contribution in [-0.2, 0) is 0 Å². The highest BCUT2D eigenvalue weighted by atomic mass is 79.9. The van der Waals surface area contributed by atoms with Crippen molar-refractivity contribution in [3.05, 3.63) is 86.5 Å². The zero-order valence-corrected chi connectivity index (χ0v) is 17.7. The molecule has 0 aromatic heterocycles. The zero-order chi connectivity index (χ0) is 18.4. The third kappa shape index (κ3) is 4.95. The van der Waals surface area contributed by atoms with Gasteiger partial charge in [0, 0.05) is 4.47 Å². The SMILES string of the molecule is C/C=C(\C=C/C=C(C)CC)C1=C(C)CCC(C)=C1c1ccc(Br)cc1. The number of hydrogen-bond donors (Lipinski definition) is 0. The molecule has 132 valence electrons. The van der Waals surface area contributed by atoms with E-state index in [9.17, 15) is 0 Å². The normalized spacial score (nSPS) is 17.0. The third-order valence-electron chi connectivity index (χ3n) is 4.93. The monoisotopic (exact) mass is 396 g/mol. The van der Waals surface area contributed by atoms with Crippen LogP contribution in [0, 0.1) is 0 Å². The molecule has 0 saturated heterocycles. The van der Waals surface area contributed by atoms with Crippen LogP contribution in [0.2, 0.25) is 0 Å². The lowest BCUT2D eigenvalue weighted by Gasteiger charge is -2.25. The second-order valence-electron chi connectivity index (χ2n) is 6.79. The van der Waals surface area contributed by atoms with Crippen LogP contribution in [0.3, 0.4) is 0 Å². The predicted molar refractivity (Wildman–Crippen MR) is 116 cm³/mol. The average Bonchev–Trinajstić information content (AvgIpc) is 2.61. The predicted octanol–water partition coefficient (Wildman–Crippen LogP) is 8.19. The minimum atomic E-state index is 1.10. The molecule has 1 aliphatic carbocycles. The summed E-state index contributed by atoms with van der Waals surface area (Å²) in [6.07, 6.45) is 12.3. The number of halogens is 1. The standard InChI is InChI=1S/C24H29Br/c1-6-17(3)9-8-10-20(7-2)23-18(4)11-12-19(5)24(23)21-13-15-22(25)16-14-21/h7-10,13-16H,6,11-12H2,1-5H3/b10-8-,17-9?,20-7+. The summed E-state index contributed by atoms with van der Waals surface area (Å²) in [7, 11) is 0. The summed E-state index contributed by atoms with van der Waals surface area (Å²) in [5.74, 6) is 0. The molecular formula is C24H29Br. The van der Waals surface area contributed by atoms with E-state index in [2.05, 4.69) is 99.1 Å². The Morgan fingerprint density at radius 1 is 1.08 bits per heavy atom. The van der Waals surface area contributed by atoms with Crippen LogP contribution in [0.1, 0.15) is 59.4 Å². The van der Waals surface area contributed by atoms with Crippen LogP contribution in [-0.4, -0.2) is 0 Å². The maximum Gasteiger partial charge on any atom is 0.0175 e. The summed E-state index contributed by atoms with van der Waals surface area (Å²) in [5, 5.41) is 0. The molecule has 1 aromatic rings. The molecule has 0 bridgehead atoms. The van der Waals surface area contributed by atoms with Crippen LogP contribution in [0.25, 0.3) is 5.57 Å². The molecule has 0 nitrogen and oxygen atoms in total. The Morgan fingerprint density at radius 3 is 2.32 bits per heavy atom. The van der Waals surface area contributed by atoms with Crippen LogP contribution >= 0.6 is 15.9 Å². The van der Waals surface area contributed by atoms with Crippen molar-refractivity contribution in [2.75, 3.05) is 0 Å². The fraction of sp³-hybridized carbons (Fsp3) is 0.333. The lowest BCUT2D eigenvalue weighted by Crippen LogP contribution is -2.05. The molecule has 0 saturated carbocycles. The summed E-state index contributed by atoms with van der Waals surface area (Å²) in [5.41, 5.74) is 9.81. The molecule has 1 heteroatoms. The van der Waals surface area contributed by atoms with Gasteiger partial charge in [-0.2, -0.15) is 0 Å². The van der Waals surface area contributed by atoms with E-state index in [1.165, 1.54) is 39.0 Å².